The third kappa shape index (κ3) is 3.49. The number of carboxylic acid groups (broad SMARTS) is 1. The number of amides is 1. The molecule has 0 radical (unpaired) electrons. The number of carboxylic acids is 1. The van der Waals surface area contributed by atoms with E-state index in [0.29, 0.717) is 16.7 Å². The molecular weight excluding hydrogens is 284 g/mol. The smallest absolute Gasteiger partial charge is 0.411 e. The lowest BCUT2D eigenvalue weighted by Gasteiger charge is -2.13. The number of hydrogen-bond donors (Lipinski definition) is 2. The molecule has 22 heavy (non-hydrogen) atoms. The summed E-state index contributed by atoms with van der Waals surface area (Å²) in [5, 5.41) is 11.7. The van der Waals surface area contributed by atoms with Crippen LogP contribution in [0.15, 0.2) is 60.6 Å². The SMILES string of the molecule is COC(=O)N/C(C(=O)O)=C(\c1ccccc1)c1cccnc1. The molecule has 0 unspecified atom stereocenters. The predicted molar refractivity (Wildman–Crippen MR) is 79.9 cm³/mol. The van der Waals surface area contributed by atoms with Crippen LogP contribution in [0.2, 0.25) is 0 Å². The average Bonchev–Trinajstić information content (AvgIpc) is 2.56. The summed E-state index contributed by atoms with van der Waals surface area (Å²) in [5.74, 6) is -1.27. The molecule has 6 heteroatoms. The highest BCUT2D eigenvalue weighted by atomic mass is 16.5. The van der Waals surface area contributed by atoms with Crippen molar-refractivity contribution >= 4 is 17.6 Å². The third-order valence-corrected chi connectivity index (χ3v) is 2.89. The van der Waals surface area contributed by atoms with Gasteiger partial charge in [-0.3, -0.25) is 10.3 Å². The summed E-state index contributed by atoms with van der Waals surface area (Å²) in [7, 11) is 1.17. The van der Waals surface area contributed by atoms with Crippen LogP contribution in [0.1, 0.15) is 11.1 Å². The molecule has 0 saturated carbocycles. The van der Waals surface area contributed by atoms with Crippen molar-refractivity contribution in [3.63, 3.8) is 0 Å². The van der Waals surface area contributed by atoms with Gasteiger partial charge in [0, 0.05) is 23.5 Å². The molecule has 0 bridgehead atoms. The van der Waals surface area contributed by atoms with Crippen LogP contribution >= 0.6 is 0 Å². The van der Waals surface area contributed by atoms with E-state index in [2.05, 4.69) is 15.0 Å². The molecule has 6 nitrogen and oxygen atoms in total. The molecule has 1 heterocycles. The Labute approximate surface area is 127 Å². The van der Waals surface area contributed by atoms with E-state index in [1.165, 1.54) is 13.3 Å². The largest absolute Gasteiger partial charge is 0.477 e. The highest BCUT2D eigenvalue weighted by Crippen LogP contribution is 2.25. The van der Waals surface area contributed by atoms with Gasteiger partial charge in [0.2, 0.25) is 0 Å². The molecule has 0 aliphatic heterocycles. The van der Waals surface area contributed by atoms with Gasteiger partial charge in [0.1, 0.15) is 5.70 Å². The van der Waals surface area contributed by atoms with Gasteiger partial charge in [-0.05, 0) is 11.6 Å². The number of pyridine rings is 1. The van der Waals surface area contributed by atoms with Crippen LogP contribution in [0, 0.1) is 0 Å². The number of carbonyl (C=O) groups excluding carboxylic acids is 1. The first kappa shape index (κ1) is 15.2. The molecule has 1 aromatic heterocycles. The molecule has 112 valence electrons. The molecular formula is C16H14N2O4. The Morgan fingerprint density at radius 1 is 1.09 bits per heavy atom. The summed E-state index contributed by atoms with van der Waals surface area (Å²) < 4.78 is 4.49. The average molecular weight is 298 g/mol. The summed E-state index contributed by atoms with van der Waals surface area (Å²) in [6, 6.07) is 12.3. The normalized spacial score (nSPS) is 11.3. The number of alkyl carbamates (subject to hydrolysis) is 1. The van der Waals surface area contributed by atoms with E-state index in [4.69, 9.17) is 0 Å². The minimum Gasteiger partial charge on any atom is -0.477 e. The van der Waals surface area contributed by atoms with Gasteiger partial charge in [-0.1, -0.05) is 36.4 Å². The Morgan fingerprint density at radius 2 is 1.77 bits per heavy atom. The third-order valence-electron chi connectivity index (χ3n) is 2.89. The lowest BCUT2D eigenvalue weighted by molar-refractivity contribution is -0.132. The second-order valence-corrected chi connectivity index (χ2v) is 4.28. The monoisotopic (exact) mass is 298 g/mol. The Hall–Kier alpha value is -3.15. The van der Waals surface area contributed by atoms with Gasteiger partial charge in [-0.15, -0.1) is 0 Å². The van der Waals surface area contributed by atoms with Crippen molar-refractivity contribution in [3.8, 4) is 0 Å². The minimum absolute atomic E-state index is 0.272. The van der Waals surface area contributed by atoms with Gasteiger partial charge in [-0.25, -0.2) is 9.59 Å². The fraction of sp³-hybridized carbons (Fsp3) is 0.0625. The first-order valence-corrected chi connectivity index (χ1v) is 6.42. The number of hydrogen-bond acceptors (Lipinski definition) is 4. The zero-order valence-corrected chi connectivity index (χ0v) is 11.8. The van der Waals surface area contributed by atoms with Crippen LogP contribution in [-0.2, 0) is 9.53 Å². The van der Waals surface area contributed by atoms with Crippen molar-refractivity contribution in [3.05, 3.63) is 71.7 Å². The number of rotatable bonds is 4. The Kier molecular flexibility index (Phi) is 4.87. The molecule has 2 rings (SSSR count). The number of methoxy groups -OCH3 is 1. The lowest BCUT2D eigenvalue weighted by Crippen LogP contribution is -2.28. The molecule has 0 aliphatic rings. The number of carbonyl (C=O) groups is 2. The fourth-order valence-corrected chi connectivity index (χ4v) is 1.95. The second kappa shape index (κ2) is 7.03. The van der Waals surface area contributed by atoms with E-state index in [1.807, 2.05) is 6.07 Å². The molecule has 1 aromatic carbocycles. The predicted octanol–water partition coefficient (Wildman–Crippen LogP) is 2.28. The summed E-state index contributed by atoms with van der Waals surface area (Å²) in [4.78, 5) is 27.0. The summed E-state index contributed by atoms with van der Waals surface area (Å²) in [5.41, 5.74) is 1.30. The zero-order valence-electron chi connectivity index (χ0n) is 11.8. The highest BCUT2D eigenvalue weighted by Gasteiger charge is 2.20. The first-order valence-electron chi connectivity index (χ1n) is 6.42. The van der Waals surface area contributed by atoms with Gasteiger partial charge in [0.15, 0.2) is 0 Å². The summed E-state index contributed by atoms with van der Waals surface area (Å²) in [6.45, 7) is 0. The molecule has 0 fully saturated rings. The maximum Gasteiger partial charge on any atom is 0.411 e. The summed E-state index contributed by atoms with van der Waals surface area (Å²) >= 11 is 0. The summed E-state index contributed by atoms with van der Waals surface area (Å²) in [6.07, 6.45) is 2.26. The van der Waals surface area contributed by atoms with E-state index in [1.54, 1.807) is 42.6 Å². The molecule has 2 aromatic rings. The maximum absolute atomic E-state index is 11.6. The standard InChI is InChI=1S/C16H14N2O4/c1-22-16(21)18-14(15(19)20)13(11-6-3-2-4-7-11)12-8-5-9-17-10-12/h2-10H,1H3,(H,18,21)(H,19,20)/b14-13+. The van der Waals surface area contributed by atoms with Crippen molar-refractivity contribution < 1.29 is 19.4 Å². The number of benzene rings is 1. The highest BCUT2D eigenvalue weighted by molar-refractivity contribution is 6.02. The van der Waals surface area contributed by atoms with Gasteiger partial charge in [0.05, 0.1) is 7.11 Å². The van der Waals surface area contributed by atoms with E-state index >= 15 is 0 Å². The Bertz CT molecular complexity index is 655. The Morgan fingerprint density at radius 3 is 2.32 bits per heavy atom. The van der Waals surface area contributed by atoms with Crippen molar-refractivity contribution in [1.82, 2.24) is 10.3 Å². The van der Waals surface area contributed by atoms with E-state index in [-0.39, 0.29) is 5.70 Å². The minimum atomic E-state index is -1.27. The molecule has 0 aliphatic carbocycles. The van der Waals surface area contributed by atoms with Crippen LogP contribution in [0.4, 0.5) is 4.79 Å². The van der Waals surface area contributed by atoms with E-state index in [0.717, 1.165) is 0 Å². The molecule has 1 amide bonds. The molecule has 0 spiro atoms. The van der Waals surface area contributed by atoms with Gasteiger partial charge < -0.3 is 9.84 Å². The van der Waals surface area contributed by atoms with Crippen molar-refractivity contribution in [2.75, 3.05) is 7.11 Å². The van der Waals surface area contributed by atoms with Gasteiger partial charge in [0.25, 0.3) is 0 Å². The zero-order chi connectivity index (χ0) is 15.9. The second-order valence-electron chi connectivity index (χ2n) is 4.28. The van der Waals surface area contributed by atoms with Gasteiger partial charge >= 0.3 is 12.1 Å². The number of aromatic nitrogens is 1. The van der Waals surface area contributed by atoms with Crippen LogP contribution in [0.5, 0.6) is 0 Å². The van der Waals surface area contributed by atoms with E-state index < -0.39 is 12.1 Å². The molecule has 2 N–H and O–H groups in total. The van der Waals surface area contributed by atoms with Crippen LogP contribution in [0.25, 0.3) is 5.57 Å². The lowest BCUT2D eigenvalue weighted by atomic mass is 9.97. The van der Waals surface area contributed by atoms with E-state index in [9.17, 15) is 14.7 Å². The topological polar surface area (TPSA) is 88.5 Å². The van der Waals surface area contributed by atoms with Crippen molar-refractivity contribution in [1.29, 1.82) is 0 Å². The maximum atomic E-state index is 11.6. The Balaban J connectivity index is 2.66. The van der Waals surface area contributed by atoms with Crippen molar-refractivity contribution in [2.45, 2.75) is 0 Å². The molecule has 0 atom stereocenters. The van der Waals surface area contributed by atoms with Crippen LogP contribution < -0.4 is 5.32 Å². The van der Waals surface area contributed by atoms with Crippen LogP contribution in [0.3, 0.4) is 0 Å². The fourth-order valence-electron chi connectivity index (χ4n) is 1.95. The number of nitrogens with zero attached hydrogens (tertiary/aromatic N) is 1. The number of ether oxygens (including phenoxy) is 1. The number of aliphatic carboxylic acids is 1. The first-order chi connectivity index (χ1) is 10.6. The van der Waals surface area contributed by atoms with Gasteiger partial charge in [-0.2, -0.15) is 0 Å². The number of nitrogens with one attached hydrogen (secondary N) is 1. The van der Waals surface area contributed by atoms with Crippen LogP contribution in [-0.4, -0.2) is 29.3 Å². The quantitative estimate of drug-likeness (QED) is 0.845. The molecule has 0 saturated heterocycles. The van der Waals surface area contributed by atoms with Crippen molar-refractivity contribution in [2.24, 2.45) is 0 Å².